The summed E-state index contributed by atoms with van der Waals surface area (Å²) in [5, 5.41) is 12.8. The van der Waals surface area contributed by atoms with Gasteiger partial charge in [0.15, 0.2) is 5.82 Å². The van der Waals surface area contributed by atoms with Crippen molar-refractivity contribution in [3.63, 3.8) is 0 Å². The Morgan fingerprint density at radius 3 is 2.09 bits per heavy atom. The van der Waals surface area contributed by atoms with Crippen LogP contribution in [0.15, 0.2) is 97.1 Å². The van der Waals surface area contributed by atoms with Crippen LogP contribution in [0.25, 0.3) is 11.8 Å². The molecule has 1 unspecified atom stereocenters. The summed E-state index contributed by atoms with van der Waals surface area (Å²) >= 11 is 0. The first-order valence-electron chi connectivity index (χ1n) is 11.4. The van der Waals surface area contributed by atoms with E-state index in [1.807, 2.05) is 41.1 Å². The summed E-state index contributed by atoms with van der Waals surface area (Å²) in [6.45, 7) is 4.89. The van der Waals surface area contributed by atoms with E-state index in [0.29, 0.717) is 0 Å². The van der Waals surface area contributed by atoms with E-state index in [-0.39, 0.29) is 6.04 Å². The molecule has 4 aromatic rings. The Morgan fingerprint density at radius 2 is 1.39 bits per heavy atom. The number of rotatable bonds is 7. The highest BCUT2D eigenvalue weighted by molar-refractivity contribution is 5.48. The molecule has 5 rings (SSSR count). The van der Waals surface area contributed by atoms with Crippen molar-refractivity contribution in [2.45, 2.75) is 6.04 Å². The summed E-state index contributed by atoms with van der Waals surface area (Å²) in [6.07, 6.45) is 4.46. The van der Waals surface area contributed by atoms with E-state index in [9.17, 15) is 0 Å². The Kier molecular flexibility index (Phi) is 6.66. The lowest BCUT2D eigenvalue weighted by Crippen LogP contribution is -2.48. The molecule has 0 bridgehead atoms. The van der Waals surface area contributed by atoms with Gasteiger partial charge in [-0.3, -0.25) is 9.80 Å². The van der Waals surface area contributed by atoms with E-state index >= 15 is 0 Å². The van der Waals surface area contributed by atoms with E-state index in [0.717, 1.165) is 44.2 Å². The number of piperazine rings is 1. The molecule has 2 heterocycles. The van der Waals surface area contributed by atoms with Gasteiger partial charge in [-0.2, -0.15) is 4.68 Å². The van der Waals surface area contributed by atoms with Crippen LogP contribution in [0.4, 0.5) is 0 Å². The molecule has 1 aliphatic heterocycles. The van der Waals surface area contributed by atoms with Gasteiger partial charge in [0.05, 0.1) is 11.7 Å². The predicted molar refractivity (Wildman–Crippen MR) is 131 cm³/mol. The zero-order valence-corrected chi connectivity index (χ0v) is 18.6. The summed E-state index contributed by atoms with van der Waals surface area (Å²) < 4.78 is 1.87. The van der Waals surface area contributed by atoms with Crippen LogP contribution in [-0.4, -0.2) is 62.7 Å². The molecule has 1 aromatic heterocycles. The van der Waals surface area contributed by atoms with Crippen LogP contribution >= 0.6 is 0 Å². The van der Waals surface area contributed by atoms with Crippen molar-refractivity contribution in [2.24, 2.45) is 0 Å². The molecule has 6 nitrogen and oxygen atoms in total. The van der Waals surface area contributed by atoms with Crippen molar-refractivity contribution in [1.29, 1.82) is 0 Å². The SMILES string of the molecule is C(=Cc1ccccc1)CN1CCN(C(c2ccccc2)c2nnnn2-c2ccccc2)CC1. The minimum Gasteiger partial charge on any atom is -0.297 e. The summed E-state index contributed by atoms with van der Waals surface area (Å²) in [5.74, 6) is 0.852. The maximum Gasteiger partial charge on any atom is 0.178 e. The maximum atomic E-state index is 4.48. The van der Waals surface area contributed by atoms with Crippen molar-refractivity contribution in [3.05, 3.63) is 114 Å². The molecule has 1 fully saturated rings. The molecule has 0 spiro atoms. The summed E-state index contributed by atoms with van der Waals surface area (Å²) in [4.78, 5) is 5.00. The quantitative estimate of drug-likeness (QED) is 0.437. The van der Waals surface area contributed by atoms with Crippen LogP contribution in [-0.2, 0) is 0 Å². The zero-order chi connectivity index (χ0) is 22.3. The summed E-state index contributed by atoms with van der Waals surface area (Å²) in [7, 11) is 0. The molecule has 0 saturated carbocycles. The summed E-state index contributed by atoms with van der Waals surface area (Å²) in [6, 6.07) is 31.2. The normalized spacial score (nSPS) is 16.2. The van der Waals surface area contributed by atoms with Crippen LogP contribution in [0.2, 0.25) is 0 Å². The Labute approximate surface area is 194 Å². The second-order valence-electron chi connectivity index (χ2n) is 8.25. The van der Waals surface area contributed by atoms with Gasteiger partial charge in [0.1, 0.15) is 0 Å². The molecule has 0 N–H and O–H groups in total. The number of hydrogen-bond donors (Lipinski definition) is 0. The number of nitrogens with zero attached hydrogens (tertiary/aromatic N) is 6. The van der Waals surface area contributed by atoms with Crippen LogP contribution < -0.4 is 0 Å². The molecule has 3 aromatic carbocycles. The third-order valence-corrected chi connectivity index (χ3v) is 6.10. The van der Waals surface area contributed by atoms with Crippen LogP contribution in [0.5, 0.6) is 0 Å². The average molecular weight is 437 g/mol. The van der Waals surface area contributed by atoms with Crippen molar-refractivity contribution >= 4 is 6.08 Å². The predicted octanol–water partition coefficient (Wildman–Crippen LogP) is 4.08. The third kappa shape index (κ3) is 5.08. The molecule has 6 heteroatoms. The molecule has 166 valence electrons. The topological polar surface area (TPSA) is 50.1 Å². The minimum atomic E-state index is 0.00316. The molecular formula is C27H28N6. The zero-order valence-electron chi connectivity index (χ0n) is 18.6. The highest BCUT2D eigenvalue weighted by Gasteiger charge is 2.30. The van der Waals surface area contributed by atoms with Gasteiger partial charge < -0.3 is 0 Å². The first-order valence-corrected chi connectivity index (χ1v) is 11.4. The second kappa shape index (κ2) is 10.3. The minimum absolute atomic E-state index is 0.00316. The molecule has 0 aliphatic carbocycles. The molecular weight excluding hydrogens is 408 g/mol. The highest BCUT2D eigenvalue weighted by atomic mass is 15.6. The number of tetrazole rings is 1. The highest BCUT2D eigenvalue weighted by Crippen LogP contribution is 2.29. The molecule has 33 heavy (non-hydrogen) atoms. The van der Waals surface area contributed by atoms with Gasteiger partial charge in [0, 0.05) is 32.7 Å². The Bertz CT molecular complexity index is 1150. The molecule has 1 saturated heterocycles. The van der Waals surface area contributed by atoms with E-state index < -0.39 is 0 Å². The smallest absolute Gasteiger partial charge is 0.178 e. The number of hydrogen-bond acceptors (Lipinski definition) is 5. The number of benzene rings is 3. The standard InChI is InChI=1S/C27H28N6/c1-4-11-23(12-5-1)13-10-18-31-19-21-32(22-20-31)26(24-14-6-2-7-15-24)27-28-29-30-33(27)25-16-8-3-9-17-25/h1-17,26H,18-22H2. The van der Waals surface area contributed by atoms with Gasteiger partial charge in [0.25, 0.3) is 0 Å². The largest absolute Gasteiger partial charge is 0.297 e. The van der Waals surface area contributed by atoms with Crippen molar-refractivity contribution in [1.82, 2.24) is 30.0 Å². The van der Waals surface area contributed by atoms with E-state index in [4.69, 9.17) is 0 Å². The number of aromatic nitrogens is 4. The van der Waals surface area contributed by atoms with Crippen LogP contribution in [0.1, 0.15) is 23.0 Å². The maximum absolute atomic E-state index is 4.48. The Balaban J connectivity index is 1.33. The van der Waals surface area contributed by atoms with Crippen molar-refractivity contribution in [3.8, 4) is 5.69 Å². The van der Waals surface area contributed by atoms with Gasteiger partial charge in [-0.1, -0.05) is 91.0 Å². The molecule has 1 aliphatic rings. The average Bonchev–Trinajstić information content (AvgIpc) is 3.36. The van der Waals surface area contributed by atoms with Crippen molar-refractivity contribution < 1.29 is 0 Å². The first-order chi connectivity index (χ1) is 16.4. The van der Waals surface area contributed by atoms with E-state index in [1.165, 1.54) is 11.1 Å². The second-order valence-corrected chi connectivity index (χ2v) is 8.25. The van der Waals surface area contributed by atoms with Gasteiger partial charge in [-0.15, -0.1) is 5.10 Å². The van der Waals surface area contributed by atoms with Gasteiger partial charge in [-0.05, 0) is 33.7 Å². The monoisotopic (exact) mass is 436 g/mol. The van der Waals surface area contributed by atoms with Gasteiger partial charge in [-0.25, -0.2) is 0 Å². The number of para-hydroxylation sites is 1. The Hall–Kier alpha value is -3.61. The fourth-order valence-corrected chi connectivity index (χ4v) is 4.38. The van der Waals surface area contributed by atoms with Crippen LogP contribution in [0.3, 0.4) is 0 Å². The van der Waals surface area contributed by atoms with E-state index in [1.54, 1.807) is 0 Å². The third-order valence-electron chi connectivity index (χ3n) is 6.10. The Morgan fingerprint density at radius 1 is 0.758 bits per heavy atom. The van der Waals surface area contributed by atoms with Gasteiger partial charge in [0.2, 0.25) is 0 Å². The fraction of sp³-hybridized carbons (Fsp3) is 0.222. The summed E-state index contributed by atoms with van der Waals surface area (Å²) in [5.41, 5.74) is 3.43. The lowest BCUT2D eigenvalue weighted by molar-refractivity contribution is 0.113. The van der Waals surface area contributed by atoms with E-state index in [2.05, 4.69) is 92.1 Å². The van der Waals surface area contributed by atoms with Crippen molar-refractivity contribution in [2.75, 3.05) is 32.7 Å². The first kappa shape index (κ1) is 21.2. The lowest BCUT2D eigenvalue weighted by atomic mass is 10.0. The lowest BCUT2D eigenvalue weighted by Gasteiger charge is -2.38. The molecule has 1 atom stereocenters. The fourth-order valence-electron chi connectivity index (χ4n) is 4.38. The van der Waals surface area contributed by atoms with Crippen LogP contribution in [0, 0.1) is 0 Å². The van der Waals surface area contributed by atoms with Gasteiger partial charge >= 0.3 is 0 Å². The molecule has 0 amide bonds. The molecule has 0 radical (unpaired) electrons.